The maximum Gasteiger partial charge on any atom is 0.162 e. The van der Waals surface area contributed by atoms with Gasteiger partial charge in [0.15, 0.2) is 5.79 Å². The molecule has 6 heteroatoms. The van der Waals surface area contributed by atoms with Gasteiger partial charge >= 0.3 is 0 Å². The Kier molecular flexibility index (Phi) is 5.94. The average Bonchev–Trinajstić information content (AvgIpc) is 3.23. The molecule has 1 aromatic rings. The van der Waals surface area contributed by atoms with Gasteiger partial charge in [0.25, 0.3) is 0 Å². The summed E-state index contributed by atoms with van der Waals surface area (Å²) in [6.45, 7) is 13.1. The van der Waals surface area contributed by atoms with Crippen LogP contribution in [0.2, 0.25) is 0 Å². The molecule has 0 radical (unpaired) electrons. The van der Waals surface area contributed by atoms with E-state index in [-0.39, 0.29) is 5.92 Å². The zero-order chi connectivity index (χ0) is 20.4. The number of nitrogens with zero attached hydrogens (tertiary/aromatic N) is 3. The van der Waals surface area contributed by atoms with Crippen molar-refractivity contribution in [2.75, 3.05) is 13.2 Å². The van der Waals surface area contributed by atoms with E-state index in [1.165, 1.54) is 11.9 Å². The van der Waals surface area contributed by atoms with E-state index in [1.54, 1.807) is 11.0 Å². The van der Waals surface area contributed by atoms with E-state index in [9.17, 15) is 5.11 Å². The van der Waals surface area contributed by atoms with E-state index in [4.69, 9.17) is 9.47 Å². The van der Waals surface area contributed by atoms with E-state index in [0.717, 1.165) is 24.8 Å². The van der Waals surface area contributed by atoms with E-state index in [0.29, 0.717) is 19.8 Å². The number of aromatic nitrogens is 3. The van der Waals surface area contributed by atoms with Crippen LogP contribution in [0.4, 0.5) is 0 Å². The predicted molar refractivity (Wildman–Crippen MR) is 108 cm³/mol. The summed E-state index contributed by atoms with van der Waals surface area (Å²) in [5.41, 5.74) is 0.759. The quantitative estimate of drug-likeness (QED) is 0.755. The van der Waals surface area contributed by atoms with Crippen LogP contribution in [-0.4, -0.2) is 44.5 Å². The molecule has 0 amide bonds. The van der Waals surface area contributed by atoms with Gasteiger partial charge in [0.05, 0.1) is 25.4 Å². The van der Waals surface area contributed by atoms with Gasteiger partial charge in [-0.2, -0.15) is 5.10 Å². The summed E-state index contributed by atoms with van der Waals surface area (Å²) in [5, 5.41) is 16.3. The Morgan fingerprint density at radius 3 is 2.61 bits per heavy atom. The second-order valence-electron chi connectivity index (χ2n) is 8.76. The minimum atomic E-state index is -0.997. The van der Waals surface area contributed by atoms with Gasteiger partial charge in [-0.1, -0.05) is 36.0 Å². The zero-order valence-corrected chi connectivity index (χ0v) is 17.5. The molecule has 1 saturated carbocycles. The van der Waals surface area contributed by atoms with Crippen molar-refractivity contribution in [2.45, 2.75) is 64.9 Å². The number of ether oxygens (including phenoxy) is 2. The fourth-order valence-corrected chi connectivity index (χ4v) is 4.39. The Bertz CT molecular complexity index is 741. The highest BCUT2D eigenvalue weighted by Gasteiger charge is 2.62. The lowest BCUT2D eigenvalue weighted by molar-refractivity contribution is -0.313. The number of hydrogen-bond donors (Lipinski definition) is 1. The summed E-state index contributed by atoms with van der Waals surface area (Å²) in [7, 11) is 0. The molecular weight excluding hydrogens is 354 g/mol. The lowest BCUT2D eigenvalue weighted by atomic mass is 9.70. The number of aliphatic hydroxyl groups is 1. The van der Waals surface area contributed by atoms with Crippen molar-refractivity contribution >= 4 is 0 Å². The maximum atomic E-state index is 12.1. The predicted octanol–water partition coefficient (Wildman–Crippen LogP) is 3.66. The first-order chi connectivity index (χ1) is 13.2. The molecule has 6 nitrogen and oxygen atoms in total. The van der Waals surface area contributed by atoms with Gasteiger partial charge in [0.1, 0.15) is 12.7 Å². The van der Waals surface area contributed by atoms with Gasteiger partial charge in [-0.3, -0.25) is 4.68 Å². The smallest absolute Gasteiger partial charge is 0.162 e. The van der Waals surface area contributed by atoms with Gasteiger partial charge < -0.3 is 14.6 Å². The molecule has 154 valence electrons. The molecule has 0 bridgehead atoms. The lowest BCUT2D eigenvalue weighted by Crippen LogP contribution is -2.60. The summed E-state index contributed by atoms with van der Waals surface area (Å²) < 4.78 is 13.7. The van der Waals surface area contributed by atoms with Crippen LogP contribution in [0.5, 0.6) is 0 Å². The number of allylic oxidation sites excluding steroid dienone is 5. The molecule has 1 N–H and O–H groups in total. The van der Waals surface area contributed by atoms with Crippen molar-refractivity contribution < 1.29 is 14.6 Å². The summed E-state index contributed by atoms with van der Waals surface area (Å²) in [6.07, 6.45) is 12.0. The summed E-state index contributed by atoms with van der Waals surface area (Å²) >= 11 is 0. The van der Waals surface area contributed by atoms with Gasteiger partial charge in [-0.15, -0.1) is 0 Å². The molecule has 1 aliphatic carbocycles. The number of rotatable bonds is 6. The van der Waals surface area contributed by atoms with Crippen LogP contribution in [0, 0.1) is 11.3 Å². The highest BCUT2D eigenvalue weighted by atomic mass is 16.7. The Balaban J connectivity index is 1.88. The Hall–Kier alpha value is -1.76. The molecule has 2 unspecified atom stereocenters. The van der Waals surface area contributed by atoms with Crippen molar-refractivity contribution in [2.24, 2.45) is 11.3 Å². The van der Waals surface area contributed by atoms with Crippen LogP contribution in [0.15, 0.2) is 48.6 Å². The molecule has 3 rings (SSSR count). The second kappa shape index (κ2) is 7.93. The van der Waals surface area contributed by atoms with Gasteiger partial charge in [-0.25, -0.2) is 4.98 Å². The van der Waals surface area contributed by atoms with Crippen LogP contribution in [0.3, 0.4) is 0 Å². The monoisotopic (exact) mass is 387 g/mol. The van der Waals surface area contributed by atoms with Crippen LogP contribution >= 0.6 is 0 Å². The normalized spacial score (nSPS) is 29.6. The molecule has 1 spiro atoms. The van der Waals surface area contributed by atoms with Crippen molar-refractivity contribution in [1.29, 1.82) is 0 Å². The molecular formula is C22H33N3O3. The average molecular weight is 388 g/mol. The summed E-state index contributed by atoms with van der Waals surface area (Å²) in [6, 6.07) is 0. The molecule has 2 atom stereocenters. The maximum absolute atomic E-state index is 12.1. The molecule has 2 heterocycles. The third-order valence-corrected chi connectivity index (χ3v) is 6.26. The Labute approximate surface area is 167 Å². The first-order valence-corrected chi connectivity index (χ1v) is 10.0. The molecule has 2 aliphatic rings. The van der Waals surface area contributed by atoms with Crippen LogP contribution < -0.4 is 0 Å². The second-order valence-corrected chi connectivity index (χ2v) is 8.76. The Morgan fingerprint density at radius 2 is 2.04 bits per heavy atom. The molecule has 0 aromatic carbocycles. The molecule has 2 fully saturated rings. The highest BCUT2D eigenvalue weighted by Crippen LogP contribution is 2.55. The molecule has 1 saturated heterocycles. The van der Waals surface area contributed by atoms with Crippen LogP contribution in [0.25, 0.3) is 0 Å². The van der Waals surface area contributed by atoms with Crippen molar-refractivity contribution in [1.82, 2.24) is 14.8 Å². The summed E-state index contributed by atoms with van der Waals surface area (Å²) in [4.78, 5) is 4.05. The largest absolute Gasteiger partial charge is 0.387 e. The fourth-order valence-electron chi connectivity index (χ4n) is 4.39. The molecule has 28 heavy (non-hydrogen) atoms. The third kappa shape index (κ3) is 4.14. The molecule has 1 aromatic heterocycles. The van der Waals surface area contributed by atoms with E-state index in [2.05, 4.69) is 28.8 Å². The molecule has 1 aliphatic heterocycles. The first kappa shape index (κ1) is 21.0. The van der Waals surface area contributed by atoms with E-state index < -0.39 is 16.8 Å². The first-order valence-electron chi connectivity index (χ1n) is 10.0. The van der Waals surface area contributed by atoms with Crippen LogP contribution in [-0.2, 0) is 16.0 Å². The van der Waals surface area contributed by atoms with Crippen molar-refractivity contribution in [3.8, 4) is 0 Å². The SMILES string of the molecule is C=C(C)/C=C\C(=C/C)CC1CCC2(COC(C)(C)OC2)C1(O)Cn1cncn1. The number of hydrogen-bond acceptors (Lipinski definition) is 5. The zero-order valence-electron chi connectivity index (χ0n) is 17.5. The van der Waals surface area contributed by atoms with Gasteiger partial charge in [0, 0.05) is 5.41 Å². The van der Waals surface area contributed by atoms with Gasteiger partial charge in [-0.05, 0) is 52.9 Å². The standard InChI is InChI=1S/C22H33N3O3/c1-6-18(8-7-17(2)3)11-19-9-10-21(13-27-20(4,5)28-14-21)22(19,26)12-25-16-23-15-24-25/h6-8,15-16,19,26H,2,9-14H2,1,3-5H3/b8-7-,18-6+. The van der Waals surface area contributed by atoms with Crippen molar-refractivity contribution in [3.05, 3.63) is 48.6 Å². The van der Waals surface area contributed by atoms with E-state index in [1.807, 2.05) is 33.8 Å². The summed E-state index contributed by atoms with van der Waals surface area (Å²) in [5.74, 6) is -0.540. The van der Waals surface area contributed by atoms with Crippen LogP contribution in [0.1, 0.15) is 47.0 Å². The minimum Gasteiger partial charge on any atom is -0.387 e. The Morgan fingerprint density at radius 1 is 1.32 bits per heavy atom. The van der Waals surface area contributed by atoms with E-state index >= 15 is 0 Å². The van der Waals surface area contributed by atoms with Gasteiger partial charge in [0.2, 0.25) is 0 Å². The fraction of sp³-hybridized carbons (Fsp3) is 0.636. The lowest BCUT2D eigenvalue weighted by Gasteiger charge is -2.50. The highest BCUT2D eigenvalue weighted by molar-refractivity contribution is 5.26. The third-order valence-electron chi connectivity index (χ3n) is 6.26. The van der Waals surface area contributed by atoms with Crippen molar-refractivity contribution in [3.63, 3.8) is 0 Å². The minimum absolute atomic E-state index is 0.0751. The topological polar surface area (TPSA) is 69.4 Å².